The Hall–Kier alpha value is -1.25. The Bertz CT molecular complexity index is 572. The maximum Gasteiger partial charge on any atom is 0.0492 e. The normalized spacial score (nSPS) is 14.1. The van der Waals surface area contributed by atoms with Crippen molar-refractivity contribution in [2.75, 3.05) is 0 Å². The van der Waals surface area contributed by atoms with E-state index in [1.165, 1.54) is 27.1 Å². The number of benzene rings is 2. The molecular weight excluding hydrogens is 262 g/mol. The predicted octanol–water partition coefficient (Wildman–Crippen LogP) is 4.79. The van der Waals surface area contributed by atoms with Crippen LogP contribution in [0.5, 0.6) is 0 Å². The Kier molecular flexibility index (Phi) is 4.90. The highest BCUT2D eigenvalue weighted by Crippen LogP contribution is 2.39. The summed E-state index contributed by atoms with van der Waals surface area (Å²) in [4.78, 5) is 1.33. The van der Waals surface area contributed by atoms with E-state index in [9.17, 15) is 0 Å². The van der Waals surface area contributed by atoms with Gasteiger partial charge in [0.25, 0.3) is 0 Å². The zero-order chi connectivity index (χ0) is 14.7. The molecule has 0 aliphatic rings. The van der Waals surface area contributed by atoms with Crippen LogP contribution in [-0.4, -0.2) is 6.04 Å². The molecule has 0 amide bonds. The van der Waals surface area contributed by atoms with Gasteiger partial charge in [-0.1, -0.05) is 47.5 Å². The topological polar surface area (TPSA) is 26.0 Å². The summed E-state index contributed by atoms with van der Waals surface area (Å²) in [6.45, 7) is 8.50. The number of nitrogens with two attached hydrogens (primary N) is 1. The number of hydrogen-bond acceptors (Lipinski definition) is 2. The van der Waals surface area contributed by atoms with Crippen molar-refractivity contribution in [3.05, 3.63) is 64.7 Å². The van der Waals surface area contributed by atoms with Gasteiger partial charge in [-0.05, 0) is 44.9 Å². The lowest BCUT2D eigenvalue weighted by Crippen LogP contribution is -2.22. The van der Waals surface area contributed by atoms with Crippen LogP contribution in [0.4, 0.5) is 0 Å². The molecule has 0 spiro atoms. The highest BCUT2D eigenvalue weighted by molar-refractivity contribution is 7.99. The molecular formula is C18H23NS. The fraction of sp³-hybridized carbons (Fsp3) is 0.333. The predicted molar refractivity (Wildman–Crippen MR) is 89.3 cm³/mol. The van der Waals surface area contributed by atoms with E-state index in [0.717, 1.165) is 0 Å². The molecule has 0 fully saturated rings. The molecule has 0 saturated heterocycles. The summed E-state index contributed by atoms with van der Waals surface area (Å²) in [5.74, 6) is 0. The van der Waals surface area contributed by atoms with Crippen molar-refractivity contribution < 1.29 is 0 Å². The second kappa shape index (κ2) is 6.47. The van der Waals surface area contributed by atoms with Crippen LogP contribution in [-0.2, 0) is 0 Å². The van der Waals surface area contributed by atoms with Gasteiger partial charge in [0.1, 0.15) is 0 Å². The number of aryl methyl sites for hydroxylation is 3. The molecule has 20 heavy (non-hydrogen) atoms. The molecule has 2 aromatic carbocycles. The summed E-state index contributed by atoms with van der Waals surface area (Å²) in [7, 11) is 0. The van der Waals surface area contributed by atoms with Crippen molar-refractivity contribution in [2.45, 2.75) is 43.9 Å². The number of rotatable bonds is 4. The average molecular weight is 285 g/mol. The third kappa shape index (κ3) is 3.65. The van der Waals surface area contributed by atoms with Crippen LogP contribution in [0.15, 0.2) is 47.4 Å². The summed E-state index contributed by atoms with van der Waals surface area (Å²) in [5, 5.41) is 0.288. The first-order valence-corrected chi connectivity index (χ1v) is 7.91. The van der Waals surface area contributed by atoms with Crippen molar-refractivity contribution >= 4 is 11.8 Å². The van der Waals surface area contributed by atoms with Gasteiger partial charge < -0.3 is 5.73 Å². The molecule has 0 radical (unpaired) electrons. The van der Waals surface area contributed by atoms with Gasteiger partial charge in [-0.25, -0.2) is 0 Å². The van der Waals surface area contributed by atoms with Gasteiger partial charge in [0.15, 0.2) is 0 Å². The van der Waals surface area contributed by atoms with Gasteiger partial charge >= 0.3 is 0 Å². The lowest BCUT2D eigenvalue weighted by atomic mass is 10.1. The van der Waals surface area contributed by atoms with Crippen LogP contribution in [0.25, 0.3) is 0 Å². The summed E-state index contributed by atoms with van der Waals surface area (Å²) >= 11 is 1.87. The minimum atomic E-state index is 0.114. The smallest absolute Gasteiger partial charge is 0.0492 e. The van der Waals surface area contributed by atoms with Crippen molar-refractivity contribution in [1.82, 2.24) is 0 Å². The van der Waals surface area contributed by atoms with Gasteiger partial charge in [0.05, 0.1) is 0 Å². The zero-order valence-corrected chi connectivity index (χ0v) is 13.5. The second-order valence-electron chi connectivity index (χ2n) is 5.58. The van der Waals surface area contributed by atoms with E-state index in [2.05, 4.69) is 70.2 Å². The minimum absolute atomic E-state index is 0.114. The molecule has 2 atom stereocenters. The molecule has 0 aliphatic heterocycles. The highest BCUT2D eigenvalue weighted by Gasteiger charge is 2.18. The Morgan fingerprint density at radius 1 is 0.900 bits per heavy atom. The van der Waals surface area contributed by atoms with E-state index in [1.807, 2.05) is 11.8 Å². The number of thioether (sulfide) groups is 1. The summed E-state index contributed by atoms with van der Waals surface area (Å²) in [6, 6.07) is 15.4. The second-order valence-corrected chi connectivity index (χ2v) is 6.76. The monoisotopic (exact) mass is 285 g/mol. The van der Waals surface area contributed by atoms with E-state index < -0.39 is 0 Å². The summed E-state index contributed by atoms with van der Waals surface area (Å²) in [6.07, 6.45) is 0. The molecule has 2 heteroatoms. The third-order valence-electron chi connectivity index (χ3n) is 3.48. The van der Waals surface area contributed by atoms with Gasteiger partial charge in [-0.2, -0.15) is 0 Å². The summed E-state index contributed by atoms with van der Waals surface area (Å²) < 4.78 is 0. The van der Waals surface area contributed by atoms with Crippen molar-refractivity contribution in [3.63, 3.8) is 0 Å². The largest absolute Gasteiger partial charge is 0.327 e. The van der Waals surface area contributed by atoms with E-state index in [-0.39, 0.29) is 11.3 Å². The Morgan fingerprint density at radius 3 is 2.10 bits per heavy atom. The van der Waals surface area contributed by atoms with Crippen molar-refractivity contribution in [1.29, 1.82) is 0 Å². The van der Waals surface area contributed by atoms with Gasteiger partial charge in [-0.3, -0.25) is 0 Å². The van der Waals surface area contributed by atoms with Gasteiger partial charge in [0.2, 0.25) is 0 Å². The lowest BCUT2D eigenvalue weighted by molar-refractivity contribution is 0.721. The third-order valence-corrected chi connectivity index (χ3v) is 5.13. The summed E-state index contributed by atoms with van der Waals surface area (Å²) in [5.41, 5.74) is 11.4. The molecule has 2 rings (SSSR count). The zero-order valence-electron chi connectivity index (χ0n) is 12.7. The molecule has 0 bridgehead atoms. The SMILES string of the molecule is Cc1ccc(C(Sc2cc(C)ccc2C)C(C)N)cc1. The maximum absolute atomic E-state index is 6.22. The van der Waals surface area contributed by atoms with Crippen LogP contribution in [0.3, 0.4) is 0 Å². The Labute approximate surface area is 126 Å². The van der Waals surface area contributed by atoms with Crippen LogP contribution in [0.2, 0.25) is 0 Å². The number of hydrogen-bond donors (Lipinski definition) is 1. The van der Waals surface area contributed by atoms with Gasteiger partial charge in [-0.15, -0.1) is 11.8 Å². The van der Waals surface area contributed by atoms with E-state index in [0.29, 0.717) is 0 Å². The van der Waals surface area contributed by atoms with Crippen LogP contribution < -0.4 is 5.73 Å². The lowest BCUT2D eigenvalue weighted by Gasteiger charge is -2.22. The molecule has 1 nitrogen and oxygen atoms in total. The fourth-order valence-corrected chi connectivity index (χ4v) is 3.50. The van der Waals surface area contributed by atoms with Crippen molar-refractivity contribution in [2.24, 2.45) is 5.73 Å². The first-order valence-electron chi connectivity index (χ1n) is 7.03. The molecule has 0 heterocycles. The van der Waals surface area contributed by atoms with Crippen LogP contribution >= 0.6 is 11.8 Å². The molecule has 2 unspecified atom stereocenters. The van der Waals surface area contributed by atoms with E-state index in [1.54, 1.807) is 0 Å². The van der Waals surface area contributed by atoms with E-state index in [4.69, 9.17) is 5.73 Å². The van der Waals surface area contributed by atoms with Gasteiger partial charge in [0, 0.05) is 16.2 Å². The van der Waals surface area contributed by atoms with Crippen molar-refractivity contribution in [3.8, 4) is 0 Å². The molecule has 2 aromatic rings. The molecule has 2 N–H and O–H groups in total. The first-order chi connectivity index (χ1) is 9.47. The minimum Gasteiger partial charge on any atom is -0.327 e. The molecule has 0 aromatic heterocycles. The van der Waals surface area contributed by atoms with Crippen LogP contribution in [0, 0.1) is 20.8 Å². The molecule has 0 aliphatic carbocycles. The maximum atomic E-state index is 6.22. The molecule has 106 valence electrons. The fourth-order valence-electron chi connectivity index (χ4n) is 2.21. The van der Waals surface area contributed by atoms with Crippen LogP contribution in [0.1, 0.15) is 34.4 Å². The standard InChI is InChI=1S/C18H23NS/c1-12-6-9-16(10-7-12)18(15(4)19)20-17-11-13(2)5-8-14(17)3/h5-11,15,18H,19H2,1-4H3. The Balaban J connectivity index is 2.30. The highest BCUT2D eigenvalue weighted by atomic mass is 32.2. The average Bonchev–Trinajstić information content (AvgIpc) is 2.40. The molecule has 0 saturated carbocycles. The van der Waals surface area contributed by atoms with E-state index >= 15 is 0 Å². The first kappa shape index (κ1) is 15.1. The quantitative estimate of drug-likeness (QED) is 0.817. The Morgan fingerprint density at radius 2 is 1.50 bits per heavy atom.